The highest BCUT2D eigenvalue weighted by atomic mass is 127. The third-order valence-corrected chi connectivity index (χ3v) is 6.31. The summed E-state index contributed by atoms with van der Waals surface area (Å²) < 4.78 is 5.60. The maximum Gasteiger partial charge on any atom is 0.191 e. The third kappa shape index (κ3) is 5.95. The summed E-state index contributed by atoms with van der Waals surface area (Å²) in [5.41, 5.74) is 0.991. The van der Waals surface area contributed by atoms with Crippen LogP contribution < -0.4 is 10.6 Å². The second-order valence-electron chi connectivity index (χ2n) is 6.66. The lowest BCUT2D eigenvalue weighted by atomic mass is 9.74. The van der Waals surface area contributed by atoms with Crippen LogP contribution in [0.2, 0.25) is 10.0 Å². The Morgan fingerprint density at radius 3 is 2.64 bits per heavy atom. The van der Waals surface area contributed by atoms with E-state index in [-0.39, 0.29) is 29.4 Å². The first-order valence-electron chi connectivity index (χ1n) is 8.91. The minimum atomic E-state index is -0.116. The van der Waals surface area contributed by atoms with E-state index in [9.17, 15) is 0 Å². The highest BCUT2D eigenvalue weighted by Gasteiger charge is 2.36. The van der Waals surface area contributed by atoms with Crippen LogP contribution in [0.4, 0.5) is 0 Å². The summed E-state index contributed by atoms with van der Waals surface area (Å²) in [4.78, 5) is 9.92. The fourth-order valence-corrected chi connectivity index (χ4v) is 4.67. The topological polar surface area (TPSA) is 58.5 Å². The van der Waals surface area contributed by atoms with E-state index >= 15 is 0 Å². The van der Waals surface area contributed by atoms with Gasteiger partial charge in [0.25, 0.3) is 0 Å². The summed E-state index contributed by atoms with van der Waals surface area (Å²) in [7, 11) is 1.77. The van der Waals surface area contributed by atoms with Crippen molar-refractivity contribution >= 4 is 64.5 Å². The van der Waals surface area contributed by atoms with Crippen molar-refractivity contribution in [3.63, 3.8) is 0 Å². The number of ether oxygens (including phenoxy) is 1. The number of nitrogens with one attached hydrogen (secondary N) is 2. The van der Waals surface area contributed by atoms with E-state index in [4.69, 9.17) is 27.9 Å². The molecule has 1 fully saturated rings. The van der Waals surface area contributed by atoms with Crippen molar-refractivity contribution in [3.8, 4) is 0 Å². The number of thiazole rings is 1. The van der Waals surface area contributed by atoms with Crippen LogP contribution >= 0.6 is 58.5 Å². The van der Waals surface area contributed by atoms with Gasteiger partial charge in [-0.3, -0.25) is 4.99 Å². The van der Waals surface area contributed by atoms with Gasteiger partial charge in [-0.2, -0.15) is 0 Å². The SMILES string of the molecule is CN=C(NCc1ncc(C)s1)NCC1(c2ccc(Cl)cc2Cl)CCOCC1.I. The van der Waals surface area contributed by atoms with Crippen LogP contribution in [0.3, 0.4) is 0 Å². The molecule has 0 atom stereocenters. The van der Waals surface area contributed by atoms with Gasteiger partial charge in [-0.15, -0.1) is 35.3 Å². The molecule has 0 aliphatic carbocycles. The van der Waals surface area contributed by atoms with Crippen LogP contribution in [0, 0.1) is 6.92 Å². The lowest BCUT2D eigenvalue weighted by molar-refractivity contribution is 0.0514. The van der Waals surface area contributed by atoms with Gasteiger partial charge in [-0.1, -0.05) is 29.3 Å². The minimum Gasteiger partial charge on any atom is -0.381 e. The second-order valence-corrected chi connectivity index (χ2v) is 8.82. The van der Waals surface area contributed by atoms with Crippen molar-refractivity contribution in [1.82, 2.24) is 15.6 Å². The van der Waals surface area contributed by atoms with Gasteiger partial charge in [0, 0.05) is 53.3 Å². The Morgan fingerprint density at radius 2 is 2.04 bits per heavy atom. The number of hydrogen-bond donors (Lipinski definition) is 2. The van der Waals surface area contributed by atoms with E-state index in [2.05, 4.69) is 27.5 Å². The predicted molar refractivity (Wildman–Crippen MR) is 129 cm³/mol. The number of aromatic nitrogens is 1. The highest BCUT2D eigenvalue weighted by Crippen LogP contribution is 2.39. The predicted octanol–water partition coefficient (Wildman–Crippen LogP) is 4.79. The molecule has 9 heteroatoms. The first-order chi connectivity index (χ1) is 13.0. The van der Waals surface area contributed by atoms with Crippen molar-refractivity contribution in [1.29, 1.82) is 0 Å². The van der Waals surface area contributed by atoms with Crippen molar-refractivity contribution in [2.75, 3.05) is 26.8 Å². The zero-order valence-electron chi connectivity index (χ0n) is 15.9. The molecular weight excluding hydrogens is 530 g/mol. The first-order valence-corrected chi connectivity index (χ1v) is 10.5. The Hall–Kier alpha value is -0.610. The summed E-state index contributed by atoms with van der Waals surface area (Å²) >= 11 is 14.3. The number of guanidine groups is 1. The van der Waals surface area contributed by atoms with E-state index in [1.165, 1.54) is 4.88 Å². The molecule has 1 saturated heterocycles. The highest BCUT2D eigenvalue weighted by molar-refractivity contribution is 14.0. The molecule has 0 saturated carbocycles. The van der Waals surface area contributed by atoms with Crippen LogP contribution in [-0.2, 0) is 16.7 Å². The average molecular weight is 555 g/mol. The molecule has 0 spiro atoms. The number of nitrogens with zero attached hydrogens (tertiary/aromatic N) is 2. The lowest BCUT2D eigenvalue weighted by Gasteiger charge is -2.38. The van der Waals surface area contributed by atoms with Crippen LogP contribution in [0.5, 0.6) is 0 Å². The molecule has 0 unspecified atom stereocenters. The number of hydrogen-bond acceptors (Lipinski definition) is 4. The van der Waals surface area contributed by atoms with E-state index in [1.54, 1.807) is 18.4 Å². The molecule has 0 amide bonds. The van der Waals surface area contributed by atoms with E-state index in [1.807, 2.05) is 24.4 Å². The van der Waals surface area contributed by atoms with Gasteiger partial charge in [0.1, 0.15) is 5.01 Å². The fraction of sp³-hybridized carbons (Fsp3) is 0.474. The summed E-state index contributed by atoms with van der Waals surface area (Å²) in [5.74, 6) is 0.749. The van der Waals surface area contributed by atoms with Gasteiger partial charge in [-0.25, -0.2) is 4.98 Å². The number of halogens is 3. The Morgan fingerprint density at radius 1 is 1.29 bits per heavy atom. The monoisotopic (exact) mass is 554 g/mol. The molecule has 154 valence electrons. The summed E-state index contributed by atoms with van der Waals surface area (Å²) in [6.45, 7) is 4.85. The molecule has 0 bridgehead atoms. The molecule has 1 aromatic carbocycles. The van der Waals surface area contributed by atoms with Crippen molar-refractivity contribution in [2.45, 2.75) is 31.7 Å². The smallest absolute Gasteiger partial charge is 0.191 e. The van der Waals surface area contributed by atoms with E-state index in [0.717, 1.165) is 29.4 Å². The average Bonchev–Trinajstić information content (AvgIpc) is 3.08. The van der Waals surface area contributed by atoms with Crippen LogP contribution in [0.1, 0.15) is 28.3 Å². The van der Waals surface area contributed by atoms with E-state index < -0.39 is 0 Å². The number of aliphatic imine (C=N–C) groups is 1. The first kappa shape index (κ1) is 23.7. The molecule has 2 N–H and O–H groups in total. The quantitative estimate of drug-likeness (QED) is 0.317. The number of aryl methyl sites for hydroxylation is 1. The van der Waals surface area contributed by atoms with Crippen LogP contribution in [0.15, 0.2) is 29.4 Å². The Balaban J connectivity index is 0.00000280. The molecular formula is C19H25Cl2IN4OS. The van der Waals surface area contributed by atoms with Gasteiger partial charge in [0.05, 0.1) is 6.54 Å². The summed E-state index contributed by atoms with van der Waals surface area (Å²) in [6.07, 6.45) is 3.67. The molecule has 1 aromatic heterocycles. The molecule has 1 aliphatic rings. The normalized spacial score (nSPS) is 16.4. The van der Waals surface area contributed by atoms with Gasteiger partial charge in [0.2, 0.25) is 0 Å². The zero-order chi connectivity index (χ0) is 19.3. The Labute approximate surface area is 197 Å². The maximum absolute atomic E-state index is 6.54. The van der Waals surface area contributed by atoms with Crippen LogP contribution in [0.25, 0.3) is 0 Å². The second kappa shape index (κ2) is 11.0. The van der Waals surface area contributed by atoms with Crippen molar-refractivity contribution < 1.29 is 4.74 Å². The summed E-state index contributed by atoms with van der Waals surface area (Å²) in [5, 5.41) is 9.19. The molecule has 2 aromatic rings. The molecule has 5 nitrogen and oxygen atoms in total. The molecule has 2 heterocycles. The molecule has 1 aliphatic heterocycles. The maximum atomic E-state index is 6.54. The largest absolute Gasteiger partial charge is 0.381 e. The molecule has 3 rings (SSSR count). The Bertz CT molecular complexity index is 809. The minimum absolute atomic E-state index is 0. The zero-order valence-corrected chi connectivity index (χ0v) is 20.6. The van der Waals surface area contributed by atoms with Gasteiger partial charge in [0.15, 0.2) is 5.96 Å². The molecule has 28 heavy (non-hydrogen) atoms. The summed E-state index contributed by atoms with van der Waals surface area (Å²) in [6, 6.07) is 5.75. The fourth-order valence-electron chi connectivity index (χ4n) is 3.34. The standard InChI is InChI=1S/C19H24Cl2N4OS.HI/c1-13-10-23-17(27-13)11-24-18(22-2)25-12-19(5-7-26-8-6-19)15-4-3-14(20)9-16(15)21;/h3-4,9-10H,5-8,11-12H2,1-2H3,(H2,22,24,25);1H. The van der Waals surface area contributed by atoms with E-state index in [0.29, 0.717) is 36.3 Å². The Kier molecular flexibility index (Phi) is 9.27. The van der Waals surface area contributed by atoms with Crippen molar-refractivity contribution in [2.24, 2.45) is 4.99 Å². The van der Waals surface area contributed by atoms with Gasteiger partial charge in [-0.05, 0) is 37.5 Å². The molecule has 0 radical (unpaired) electrons. The van der Waals surface area contributed by atoms with Gasteiger partial charge >= 0.3 is 0 Å². The van der Waals surface area contributed by atoms with Crippen molar-refractivity contribution in [3.05, 3.63) is 49.9 Å². The van der Waals surface area contributed by atoms with Gasteiger partial charge < -0.3 is 15.4 Å². The lowest BCUT2D eigenvalue weighted by Crippen LogP contribution is -2.48. The third-order valence-electron chi connectivity index (χ3n) is 4.85. The van der Waals surface area contributed by atoms with Crippen LogP contribution in [-0.4, -0.2) is 37.7 Å². The number of benzene rings is 1. The number of rotatable bonds is 5.